The lowest BCUT2D eigenvalue weighted by atomic mass is 10.1. The van der Waals surface area contributed by atoms with Crippen LogP contribution in [-0.2, 0) is 6.42 Å². The van der Waals surface area contributed by atoms with Crippen LogP contribution in [-0.4, -0.2) is 0 Å². The third-order valence-electron chi connectivity index (χ3n) is 2.92. The molecule has 0 aromatic heterocycles. The normalized spacial score (nSPS) is 17.4. The molecule has 0 saturated heterocycles. The molecule has 1 aliphatic heterocycles. The fourth-order valence-corrected chi connectivity index (χ4v) is 2.04. The van der Waals surface area contributed by atoms with Gasteiger partial charge in [-0.1, -0.05) is 42.5 Å². The van der Waals surface area contributed by atoms with E-state index < -0.39 is 0 Å². The van der Waals surface area contributed by atoms with Gasteiger partial charge in [0.25, 0.3) is 0 Å². The summed E-state index contributed by atoms with van der Waals surface area (Å²) in [5.74, 6) is 1.25. The zero-order valence-electron chi connectivity index (χ0n) is 9.97. The van der Waals surface area contributed by atoms with Crippen LogP contribution in [0.25, 0.3) is 6.08 Å². The average Bonchev–Trinajstić information content (AvgIpc) is 2.45. The van der Waals surface area contributed by atoms with E-state index in [4.69, 9.17) is 4.74 Å². The van der Waals surface area contributed by atoms with Gasteiger partial charge in [0.2, 0.25) is 5.88 Å². The Morgan fingerprint density at radius 1 is 1.00 bits per heavy atom. The number of para-hydroxylation sites is 2. The molecule has 0 radical (unpaired) electrons. The summed E-state index contributed by atoms with van der Waals surface area (Å²) in [6, 6.07) is 16.0. The molecule has 0 atom stereocenters. The van der Waals surface area contributed by atoms with Crippen LogP contribution in [0.2, 0.25) is 0 Å². The van der Waals surface area contributed by atoms with Gasteiger partial charge < -0.3 is 4.74 Å². The van der Waals surface area contributed by atoms with Gasteiger partial charge in [-0.05, 0) is 35.9 Å². The highest BCUT2D eigenvalue weighted by Gasteiger charge is 2.05. The zero-order valence-corrected chi connectivity index (χ0v) is 9.97. The van der Waals surface area contributed by atoms with Gasteiger partial charge in [-0.15, -0.1) is 0 Å². The van der Waals surface area contributed by atoms with E-state index in [1.165, 1.54) is 0 Å². The van der Waals surface area contributed by atoms with Crippen molar-refractivity contribution in [1.29, 1.82) is 0 Å². The zero-order chi connectivity index (χ0) is 12.4. The van der Waals surface area contributed by atoms with Crippen molar-refractivity contribution in [3.8, 4) is 5.75 Å². The van der Waals surface area contributed by atoms with Crippen molar-refractivity contribution in [2.24, 2.45) is 4.99 Å². The highest BCUT2D eigenvalue weighted by atomic mass is 16.5. The molecule has 0 amide bonds. The van der Waals surface area contributed by atoms with Crippen LogP contribution in [0, 0.1) is 0 Å². The Balaban J connectivity index is 2.22. The van der Waals surface area contributed by atoms with Crippen molar-refractivity contribution in [3.63, 3.8) is 0 Å². The number of fused-ring (bicyclic) bond motifs is 2. The molecule has 18 heavy (non-hydrogen) atoms. The molecule has 2 nitrogen and oxygen atoms in total. The van der Waals surface area contributed by atoms with Gasteiger partial charge in [-0.2, -0.15) is 0 Å². The van der Waals surface area contributed by atoms with Gasteiger partial charge in [0, 0.05) is 0 Å². The average molecular weight is 235 g/mol. The van der Waals surface area contributed by atoms with Crippen molar-refractivity contribution >= 4 is 6.08 Å². The summed E-state index contributed by atoms with van der Waals surface area (Å²) in [4.78, 5) is 4.41. The van der Waals surface area contributed by atoms with Crippen LogP contribution in [0.15, 0.2) is 66.0 Å². The number of hydrogen-bond donors (Lipinski definition) is 0. The first kappa shape index (κ1) is 10.8. The maximum Gasteiger partial charge on any atom is 0.212 e. The molecule has 1 heterocycles. The minimum Gasteiger partial charge on any atom is -0.439 e. The van der Waals surface area contributed by atoms with Crippen LogP contribution in [0.1, 0.15) is 5.56 Å². The molecule has 3 rings (SSSR count). The lowest BCUT2D eigenvalue weighted by molar-refractivity contribution is 0.417. The second kappa shape index (κ2) is 4.49. The molecule has 0 aliphatic carbocycles. The van der Waals surface area contributed by atoms with Crippen molar-refractivity contribution in [2.45, 2.75) is 6.42 Å². The molecule has 88 valence electrons. The minimum absolute atomic E-state index is 0.421. The summed E-state index contributed by atoms with van der Waals surface area (Å²) >= 11 is 0. The summed E-state index contributed by atoms with van der Waals surface area (Å²) < 4.78 is 5.69. The smallest absolute Gasteiger partial charge is 0.212 e. The van der Waals surface area contributed by atoms with Gasteiger partial charge in [0.05, 0.1) is 5.36 Å². The molecule has 0 unspecified atom stereocenters. The Morgan fingerprint density at radius 3 is 2.72 bits per heavy atom. The van der Waals surface area contributed by atoms with Gasteiger partial charge in [0.15, 0.2) is 0 Å². The van der Waals surface area contributed by atoms with E-state index in [1.807, 2.05) is 36.4 Å². The molecule has 1 aliphatic rings. The lowest BCUT2D eigenvalue weighted by Crippen LogP contribution is -2.24. The summed E-state index contributed by atoms with van der Waals surface area (Å²) in [6.45, 7) is 3.85. The molecule has 2 aromatic carbocycles. The Labute approximate surface area is 106 Å². The fraction of sp³-hybridized carbons (Fsp3) is 0.0625. The van der Waals surface area contributed by atoms with Crippen molar-refractivity contribution in [1.82, 2.24) is 0 Å². The maximum atomic E-state index is 5.69. The molecule has 2 heteroatoms. The van der Waals surface area contributed by atoms with E-state index in [0.29, 0.717) is 5.88 Å². The summed E-state index contributed by atoms with van der Waals surface area (Å²) in [7, 11) is 0. The number of rotatable bonds is 0. The topological polar surface area (TPSA) is 21.6 Å². The minimum atomic E-state index is 0.421. The number of ether oxygens (including phenoxy) is 1. The Morgan fingerprint density at radius 2 is 1.78 bits per heavy atom. The Hall–Kier alpha value is -2.35. The summed E-state index contributed by atoms with van der Waals surface area (Å²) in [5, 5.41) is 2.01. The van der Waals surface area contributed by atoms with Gasteiger partial charge >= 0.3 is 0 Å². The van der Waals surface area contributed by atoms with E-state index in [9.17, 15) is 0 Å². The second-order valence-electron chi connectivity index (χ2n) is 4.18. The van der Waals surface area contributed by atoms with E-state index >= 15 is 0 Å². The van der Waals surface area contributed by atoms with Gasteiger partial charge in [-0.3, -0.25) is 0 Å². The number of benzene rings is 2. The first-order chi connectivity index (χ1) is 8.83. The fourth-order valence-electron chi connectivity index (χ4n) is 2.04. The van der Waals surface area contributed by atoms with Crippen molar-refractivity contribution in [2.75, 3.05) is 0 Å². The summed E-state index contributed by atoms with van der Waals surface area (Å²) in [5.41, 5.74) is 1.14. The van der Waals surface area contributed by atoms with E-state index in [-0.39, 0.29) is 0 Å². The Bertz CT molecular complexity index is 716. The van der Waals surface area contributed by atoms with Crippen LogP contribution in [0.4, 0.5) is 0 Å². The molecule has 0 N–H and O–H groups in total. The molecule has 0 fully saturated rings. The van der Waals surface area contributed by atoms with Gasteiger partial charge in [-0.25, -0.2) is 4.99 Å². The van der Waals surface area contributed by atoms with Crippen molar-refractivity contribution in [3.05, 3.63) is 77.1 Å². The first-order valence-corrected chi connectivity index (χ1v) is 5.91. The van der Waals surface area contributed by atoms with E-state index in [1.54, 1.807) is 0 Å². The molecular weight excluding hydrogens is 222 g/mol. The van der Waals surface area contributed by atoms with E-state index in [0.717, 1.165) is 28.3 Å². The third kappa shape index (κ3) is 2.05. The monoisotopic (exact) mass is 235 g/mol. The SMILES string of the molecule is C=C1/N=c2/cccc/c2=C/Cc2ccccc2O1. The number of hydrogen-bond acceptors (Lipinski definition) is 2. The van der Waals surface area contributed by atoms with Gasteiger partial charge in [0.1, 0.15) is 5.75 Å². The molecule has 0 bridgehead atoms. The van der Waals surface area contributed by atoms with Crippen molar-refractivity contribution < 1.29 is 4.74 Å². The van der Waals surface area contributed by atoms with Crippen LogP contribution in [0.3, 0.4) is 0 Å². The first-order valence-electron chi connectivity index (χ1n) is 5.91. The summed E-state index contributed by atoms with van der Waals surface area (Å²) in [6.07, 6.45) is 3.00. The molecule has 0 saturated carbocycles. The van der Waals surface area contributed by atoms with E-state index in [2.05, 4.69) is 29.8 Å². The quantitative estimate of drug-likeness (QED) is 0.686. The van der Waals surface area contributed by atoms with Crippen LogP contribution in [0.5, 0.6) is 5.75 Å². The molecule has 2 aromatic rings. The number of nitrogens with zero attached hydrogens (tertiary/aromatic N) is 1. The predicted molar refractivity (Wildman–Crippen MR) is 71.6 cm³/mol. The Kier molecular flexibility index (Phi) is 2.69. The highest BCUT2D eigenvalue weighted by Crippen LogP contribution is 2.21. The largest absolute Gasteiger partial charge is 0.439 e. The lowest BCUT2D eigenvalue weighted by Gasteiger charge is -2.07. The van der Waals surface area contributed by atoms with Crippen LogP contribution < -0.4 is 15.3 Å². The third-order valence-corrected chi connectivity index (χ3v) is 2.92. The predicted octanol–water partition coefficient (Wildman–Crippen LogP) is 2.19. The van der Waals surface area contributed by atoms with Crippen LogP contribution >= 0.6 is 0 Å². The molecule has 0 spiro atoms. The second-order valence-corrected chi connectivity index (χ2v) is 4.18. The molecular formula is C16H13NO. The maximum absolute atomic E-state index is 5.69. The highest BCUT2D eigenvalue weighted by molar-refractivity contribution is 5.42. The standard InChI is InChI=1S/C16H13NO/c1-12-17-15-8-4-2-6-13(15)10-11-14-7-3-5-9-16(14)18-12/h2-10H,1,11H2/b13-10-,17-15-.